The van der Waals surface area contributed by atoms with Gasteiger partial charge in [0.15, 0.2) is 0 Å². The lowest BCUT2D eigenvalue weighted by molar-refractivity contribution is 1.58. The summed E-state index contributed by atoms with van der Waals surface area (Å²) in [7, 11) is 0. The van der Waals surface area contributed by atoms with Gasteiger partial charge in [0, 0.05) is 11.6 Å². The van der Waals surface area contributed by atoms with Crippen molar-refractivity contribution >= 4 is 23.9 Å². The van der Waals surface area contributed by atoms with Crippen LogP contribution in [0.4, 0.5) is 0 Å². The minimum atomic E-state index is 0. The third kappa shape index (κ3) is 1.38. The molecule has 0 unspecified atom stereocenters. The number of aromatic nitrogens is 1. The topological polar surface area (TPSA) is 12.9 Å². The van der Waals surface area contributed by atoms with Gasteiger partial charge < -0.3 is 0 Å². The molecule has 3 heteroatoms. The van der Waals surface area contributed by atoms with Crippen molar-refractivity contribution in [1.29, 1.82) is 0 Å². The third-order valence-corrected chi connectivity index (χ3v) is 0.869. The summed E-state index contributed by atoms with van der Waals surface area (Å²) in [4.78, 5) is 0. The number of nitrogens with zero attached hydrogens (tertiary/aromatic N) is 1. The van der Waals surface area contributed by atoms with Crippen molar-refractivity contribution in [3.05, 3.63) is 17.6 Å². The molecule has 34 valence electrons. The third-order valence-electron chi connectivity index (χ3n) is 0.347. The quantitative estimate of drug-likeness (QED) is 0.508. The van der Waals surface area contributed by atoms with Crippen LogP contribution in [-0.4, -0.2) is 4.37 Å². The van der Waals surface area contributed by atoms with E-state index in [0.29, 0.717) is 0 Å². The van der Waals surface area contributed by atoms with E-state index < -0.39 is 0 Å². The number of hydrogen-bond donors (Lipinski definition) is 0. The van der Waals surface area contributed by atoms with E-state index in [9.17, 15) is 0 Å². The van der Waals surface area contributed by atoms with Crippen LogP contribution in [-0.2, 0) is 0 Å². The average molecular weight is 122 g/mol. The summed E-state index contributed by atoms with van der Waals surface area (Å²) < 4.78 is 3.76. The fourth-order valence-electron chi connectivity index (χ4n) is 0.176. The molecule has 1 aromatic heterocycles. The molecular formula is C3H4ClNS. The van der Waals surface area contributed by atoms with Gasteiger partial charge in [-0.1, -0.05) is 0 Å². The minimum absolute atomic E-state index is 0. The molecule has 0 atom stereocenters. The molecule has 0 saturated carbocycles. The van der Waals surface area contributed by atoms with Gasteiger partial charge in [0.05, 0.1) is 0 Å². The van der Waals surface area contributed by atoms with Gasteiger partial charge in [-0.3, -0.25) is 0 Å². The Balaban J connectivity index is 0.000000250. The molecule has 1 heterocycles. The second-order valence-corrected chi connectivity index (χ2v) is 1.38. The van der Waals surface area contributed by atoms with Crippen molar-refractivity contribution in [3.8, 4) is 0 Å². The highest BCUT2D eigenvalue weighted by atomic mass is 35.5. The Kier molecular flexibility index (Phi) is 3.08. The number of rotatable bonds is 0. The Morgan fingerprint density at radius 1 is 1.50 bits per heavy atom. The molecule has 0 aliphatic heterocycles. The number of halogens is 1. The van der Waals surface area contributed by atoms with Gasteiger partial charge in [0.2, 0.25) is 0 Å². The van der Waals surface area contributed by atoms with Gasteiger partial charge in [-0.05, 0) is 17.6 Å². The molecule has 0 aliphatic rings. The molecule has 0 saturated heterocycles. The average Bonchev–Trinajstić information content (AvgIpc) is 1.76. The molecular weight excluding hydrogens is 118 g/mol. The van der Waals surface area contributed by atoms with Crippen LogP contribution in [0.3, 0.4) is 0 Å². The first kappa shape index (κ1) is 5.92. The highest BCUT2D eigenvalue weighted by Crippen LogP contribution is 1.83. The van der Waals surface area contributed by atoms with E-state index in [0.717, 1.165) is 0 Å². The summed E-state index contributed by atoms with van der Waals surface area (Å²) in [5, 5.41) is 1.93. The minimum Gasteiger partial charge on any atom is -0.201 e. The van der Waals surface area contributed by atoms with Crippen LogP contribution < -0.4 is 0 Å². The van der Waals surface area contributed by atoms with E-state index in [1.807, 2.05) is 11.4 Å². The van der Waals surface area contributed by atoms with Crippen molar-refractivity contribution in [1.82, 2.24) is 4.37 Å². The largest absolute Gasteiger partial charge is 0.201 e. The van der Waals surface area contributed by atoms with Crippen LogP contribution in [0.1, 0.15) is 0 Å². The molecule has 0 aliphatic carbocycles. The maximum absolute atomic E-state index is 3.76. The van der Waals surface area contributed by atoms with Gasteiger partial charge in [0.25, 0.3) is 0 Å². The Morgan fingerprint density at radius 2 is 2.33 bits per heavy atom. The summed E-state index contributed by atoms with van der Waals surface area (Å²) in [6.45, 7) is 0. The fourth-order valence-corrected chi connectivity index (χ4v) is 0.527. The summed E-state index contributed by atoms with van der Waals surface area (Å²) in [5.41, 5.74) is 0. The Morgan fingerprint density at radius 3 is 2.50 bits per heavy atom. The molecule has 1 aromatic rings. The summed E-state index contributed by atoms with van der Waals surface area (Å²) in [6, 6.07) is 1.91. The first-order valence-corrected chi connectivity index (χ1v) is 2.18. The predicted molar refractivity (Wildman–Crippen MR) is 29.4 cm³/mol. The standard InChI is InChI=1S/C3H3NS.ClH/c1-2-4-5-3-1;/h1-3H;1H. The van der Waals surface area contributed by atoms with Crippen molar-refractivity contribution in [2.75, 3.05) is 0 Å². The fraction of sp³-hybridized carbons (Fsp3) is 0. The molecule has 0 fully saturated rings. The molecule has 0 radical (unpaired) electrons. The highest BCUT2D eigenvalue weighted by molar-refractivity contribution is 7.03. The zero-order chi connectivity index (χ0) is 3.54. The SMILES string of the molecule is Cl.c1cnsc1. The normalized spacial score (nSPS) is 6.67. The number of hydrogen-bond acceptors (Lipinski definition) is 2. The van der Waals surface area contributed by atoms with Crippen molar-refractivity contribution < 1.29 is 0 Å². The van der Waals surface area contributed by atoms with Gasteiger partial charge in [-0.15, -0.1) is 12.4 Å². The van der Waals surface area contributed by atoms with E-state index >= 15 is 0 Å². The first-order valence-electron chi connectivity index (χ1n) is 1.34. The Hall–Kier alpha value is -0.0800. The zero-order valence-corrected chi connectivity index (χ0v) is 4.63. The lowest BCUT2D eigenvalue weighted by atomic mass is 10.8. The monoisotopic (exact) mass is 121 g/mol. The molecule has 1 nitrogen and oxygen atoms in total. The van der Waals surface area contributed by atoms with E-state index in [1.54, 1.807) is 6.20 Å². The van der Waals surface area contributed by atoms with E-state index in [4.69, 9.17) is 0 Å². The lowest BCUT2D eigenvalue weighted by Gasteiger charge is -1.41. The zero-order valence-electron chi connectivity index (χ0n) is 3.00. The van der Waals surface area contributed by atoms with Gasteiger partial charge >= 0.3 is 0 Å². The van der Waals surface area contributed by atoms with Crippen LogP contribution in [0.2, 0.25) is 0 Å². The van der Waals surface area contributed by atoms with Gasteiger partial charge in [-0.25, -0.2) is 4.37 Å². The molecule has 0 aromatic carbocycles. The molecule has 0 amide bonds. The maximum Gasteiger partial charge on any atom is 0.0406 e. The van der Waals surface area contributed by atoms with Crippen molar-refractivity contribution in [2.45, 2.75) is 0 Å². The van der Waals surface area contributed by atoms with Crippen LogP contribution in [0.25, 0.3) is 0 Å². The molecule has 0 N–H and O–H groups in total. The van der Waals surface area contributed by atoms with Crippen LogP contribution in [0.5, 0.6) is 0 Å². The lowest BCUT2D eigenvalue weighted by Crippen LogP contribution is -1.32. The predicted octanol–water partition coefficient (Wildman–Crippen LogP) is 1.56. The van der Waals surface area contributed by atoms with E-state index in [-0.39, 0.29) is 12.4 Å². The Labute approximate surface area is 46.6 Å². The van der Waals surface area contributed by atoms with Crippen molar-refractivity contribution in [3.63, 3.8) is 0 Å². The summed E-state index contributed by atoms with van der Waals surface area (Å²) in [6.07, 6.45) is 1.77. The van der Waals surface area contributed by atoms with E-state index in [1.165, 1.54) is 11.5 Å². The van der Waals surface area contributed by atoms with Crippen LogP contribution in [0, 0.1) is 0 Å². The second-order valence-electron chi connectivity index (χ2n) is 0.688. The second kappa shape index (κ2) is 3.12. The van der Waals surface area contributed by atoms with Gasteiger partial charge in [-0.2, -0.15) is 0 Å². The molecule has 1 rings (SSSR count). The highest BCUT2D eigenvalue weighted by Gasteiger charge is 1.59. The maximum atomic E-state index is 3.76. The summed E-state index contributed by atoms with van der Waals surface area (Å²) >= 11 is 1.46. The van der Waals surface area contributed by atoms with Gasteiger partial charge in [0.1, 0.15) is 0 Å². The molecule has 0 spiro atoms. The van der Waals surface area contributed by atoms with Crippen molar-refractivity contribution in [2.24, 2.45) is 0 Å². The van der Waals surface area contributed by atoms with E-state index in [2.05, 4.69) is 4.37 Å². The molecule has 6 heavy (non-hydrogen) atoms. The Bertz CT molecular complexity index is 67.3. The smallest absolute Gasteiger partial charge is 0.0406 e. The summed E-state index contributed by atoms with van der Waals surface area (Å²) in [5.74, 6) is 0. The first-order chi connectivity index (χ1) is 2.50. The molecule has 0 bridgehead atoms. The van der Waals surface area contributed by atoms with Crippen LogP contribution in [0.15, 0.2) is 17.6 Å². The van der Waals surface area contributed by atoms with Crippen LogP contribution >= 0.6 is 23.9 Å².